The summed E-state index contributed by atoms with van der Waals surface area (Å²) >= 11 is 0. The quantitative estimate of drug-likeness (QED) is 0.681. The summed E-state index contributed by atoms with van der Waals surface area (Å²) in [5.41, 5.74) is 0.241. The fourth-order valence-electron chi connectivity index (χ4n) is 2.20. The first kappa shape index (κ1) is 21.0. The molecule has 0 aliphatic carbocycles. The van der Waals surface area contributed by atoms with E-state index in [9.17, 15) is 4.79 Å². The molecule has 8 heteroatoms. The Kier molecular flexibility index (Phi) is 8.40. The predicted octanol–water partition coefficient (Wildman–Crippen LogP) is 2.23. The summed E-state index contributed by atoms with van der Waals surface area (Å²) in [6, 6.07) is 0. The number of hydrogen-bond donors (Lipinski definition) is 1. The second-order valence-corrected chi connectivity index (χ2v) is 6.51. The number of carbonyl (C=O) groups is 1. The van der Waals surface area contributed by atoms with Crippen molar-refractivity contribution < 1.29 is 19.0 Å². The molecule has 0 atom stereocenters. The van der Waals surface area contributed by atoms with Crippen molar-refractivity contribution in [3.05, 3.63) is 11.9 Å². The van der Waals surface area contributed by atoms with Crippen LogP contribution in [0.25, 0.3) is 0 Å². The third kappa shape index (κ3) is 7.13. The van der Waals surface area contributed by atoms with Crippen LogP contribution in [-0.2, 0) is 11.3 Å². The standard InChI is InChI=1S/C17H30N4O4/c1-7-9-21(16(22)25-17(2,3)4)10-8-18-11-13-14(23-5)19-12-20-15(13)24-6/h12,18H,7-11H2,1-6H3. The number of rotatable bonds is 9. The Bertz CT molecular complexity index is 524. The van der Waals surface area contributed by atoms with Crippen molar-refractivity contribution in [2.24, 2.45) is 0 Å². The van der Waals surface area contributed by atoms with E-state index >= 15 is 0 Å². The maximum Gasteiger partial charge on any atom is 0.410 e. The molecular weight excluding hydrogens is 324 g/mol. The number of ether oxygens (including phenoxy) is 3. The van der Waals surface area contributed by atoms with Crippen LogP contribution in [0.5, 0.6) is 11.8 Å². The number of carbonyl (C=O) groups excluding carboxylic acids is 1. The third-order valence-electron chi connectivity index (χ3n) is 3.26. The summed E-state index contributed by atoms with van der Waals surface area (Å²) in [5.74, 6) is 0.939. The lowest BCUT2D eigenvalue weighted by Crippen LogP contribution is -2.40. The fourth-order valence-corrected chi connectivity index (χ4v) is 2.20. The molecule has 1 heterocycles. The molecule has 0 aromatic carbocycles. The SMILES string of the molecule is CCCN(CCNCc1c(OC)ncnc1OC)C(=O)OC(C)(C)C. The molecular formula is C17H30N4O4. The molecule has 1 rings (SSSR count). The van der Waals surface area contributed by atoms with Crippen molar-refractivity contribution in [1.29, 1.82) is 0 Å². The zero-order chi connectivity index (χ0) is 18.9. The minimum atomic E-state index is -0.501. The highest BCUT2D eigenvalue weighted by Crippen LogP contribution is 2.22. The summed E-state index contributed by atoms with van der Waals surface area (Å²) in [7, 11) is 3.10. The molecule has 1 amide bonds. The number of nitrogens with one attached hydrogen (secondary N) is 1. The average Bonchev–Trinajstić information content (AvgIpc) is 2.55. The van der Waals surface area contributed by atoms with E-state index in [-0.39, 0.29) is 6.09 Å². The summed E-state index contributed by atoms with van der Waals surface area (Å²) < 4.78 is 15.9. The van der Waals surface area contributed by atoms with Gasteiger partial charge in [-0.1, -0.05) is 6.92 Å². The van der Waals surface area contributed by atoms with Gasteiger partial charge in [-0.05, 0) is 27.2 Å². The normalized spacial score (nSPS) is 11.1. The van der Waals surface area contributed by atoms with Gasteiger partial charge in [0.05, 0.1) is 19.8 Å². The van der Waals surface area contributed by atoms with Crippen molar-refractivity contribution in [3.63, 3.8) is 0 Å². The highest BCUT2D eigenvalue weighted by Gasteiger charge is 2.21. The lowest BCUT2D eigenvalue weighted by Gasteiger charge is -2.27. The Hall–Kier alpha value is -2.09. The van der Waals surface area contributed by atoms with E-state index in [1.807, 2.05) is 27.7 Å². The van der Waals surface area contributed by atoms with Gasteiger partial charge in [0.2, 0.25) is 11.8 Å². The number of amides is 1. The van der Waals surface area contributed by atoms with E-state index < -0.39 is 5.60 Å². The summed E-state index contributed by atoms with van der Waals surface area (Å²) in [6.07, 6.45) is 1.97. The van der Waals surface area contributed by atoms with Gasteiger partial charge in [-0.15, -0.1) is 0 Å². The predicted molar refractivity (Wildman–Crippen MR) is 94.9 cm³/mol. The first-order valence-electron chi connectivity index (χ1n) is 8.42. The Morgan fingerprint density at radius 1 is 1.16 bits per heavy atom. The molecule has 0 radical (unpaired) electrons. The molecule has 25 heavy (non-hydrogen) atoms. The topological polar surface area (TPSA) is 85.8 Å². The van der Waals surface area contributed by atoms with E-state index in [0.717, 1.165) is 12.0 Å². The maximum atomic E-state index is 12.2. The van der Waals surface area contributed by atoms with Crippen LogP contribution in [-0.4, -0.2) is 60.4 Å². The highest BCUT2D eigenvalue weighted by atomic mass is 16.6. The van der Waals surface area contributed by atoms with Gasteiger partial charge in [-0.25, -0.2) is 14.8 Å². The first-order chi connectivity index (χ1) is 11.8. The first-order valence-corrected chi connectivity index (χ1v) is 8.42. The molecule has 8 nitrogen and oxygen atoms in total. The monoisotopic (exact) mass is 354 g/mol. The molecule has 0 spiro atoms. The minimum Gasteiger partial charge on any atom is -0.481 e. The molecule has 1 aromatic rings. The van der Waals surface area contributed by atoms with Crippen molar-refractivity contribution in [3.8, 4) is 11.8 Å². The molecule has 1 aromatic heterocycles. The van der Waals surface area contributed by atoms with Crippen molar-refractivity contribution in [2.75, 3.05) is 33.9 Å². The Morgan fingerprint density at radius 3 is 2.24 bits per heavy atom. The highest BCUT2D eigenvalue weighted by molar-refractivity contribution is 5.68. The van der Waals surface area contributed by atoms with Crippen LogP contribution >= 0.6 is 0 Å². The van der Waals surface area contributed by atoms with Gasteiger partial charge in [-0.2, -0.15) is 0 Å². The molecule has 1 N–H and O–H groups in total. The number of hydrogen-bond acceptors (Lipinski definition) is 7. The average molecular weight is 354 g/mol. The summed E-state index contributed by atoms with van der Waals surface area (Å²) in [4.78, 5) is 22.1. The molecule has 0 bridgehead atoms. The van der Waals surface area contributed by atoms with Crippen LogP contribution in [0.4, 0.5) is 4.79 Å². The number of nitrogens with zero attached hydrogens (tertiary/aromatic N) is 3. The molecule has 0 fully saturated rings. The third-order valence-corrected chi connectivity index (χ3v) is 3.26. The maximum absolute atomic E-state index is 12.2. The largest absolute Gasteiger partial charge is 0.481 e. The lowest BCUT2D eigenvalue weighted by molar-refractivity contribution is 0.0251. The van der Waals surface area contributed by atoms with Gasteiger partial charge < -0.3 is 24.4 Å². The van der Waals surface area contributed by atoms with Crippen LogP contribution in [0.3, 0.4) is 0 Å². The van der Waals surface area contributed by atoms with Crippen LogP contribution in [0.1, 0.15) is 39.7 Å². The van der Waals surface area contributed by atoms with Crippen LogP contribution in [0.2, 0.25) is 0 Å². The van der Waals surface area contributed by atoms with Crippen LogP contribution in [0.15, 0.2) is 6.33 Å². The zero-order valence-corrected chi connectivity index (χ0v) is 16.1. The Labute approximate surface area is 149 Å². The van der Waals surface area contributed by atoms with Gasteiger partial charge >= 0.3 is 6.09 Å². The van der Waals surface area contributed by atoms with Gasteiger partial charge in [-0.3, -0.25) is 0 Å². The molecule has 142 valence electrons. The number of aromatic nitrogens is 2. The second-order valence-electron chi connectivity index (χ2n) is 6.51. The molecule has 0 aliphatic rings. The van der Waals surface area contributed by atoms with Crippen molar-refractivity contribution in [1.82, 2.24) is 20.2 Å². The molecule has 0 aliphatic heterocycles. The second kappa shape index (κ2) is 10.0. The zero-order valence-electron chi connectivity index (χ0n) is 16.1. The van der Waals surface area contributed by atoms with E-state index in [2.05, 4.69) is 15.3 Å². The summed E-state index contributed by atoms with van der Waals surface area (Å²) in [5, 5.41) is 3.27. The van der Waals surface area contributed by atoms with Crippen LogP contribution < -0.4 is 14.8 Å². The van der Waals surface area contributed by atoms with E-state index in [1.54, 1.807) is 19.1 Å². The minimum absolute atomic E-state index is 0.297. The summed E-state index contributed by atoms with van der Waals surface area (Å²) in [6.45, 7) is 9.88. The Balaban J connectivity index is 2.59. The molecule has 0 saturated carbocycles. The van der Waals surface area contributed by atoms with E-state index in [0.29, 0.717) is 37.9 Å². The van der Waals surface area contributed by atoms with Gasteiger partial charge in [0.15, 0.2) is 0 Å². The molecule has 0 saturated heterocycles. The van der Waals surface area contributed by atoms with Crippen LogP contribution in [0, 0.1) is 0 Å². The Morgan fingerprint density at radius 2 is 1.76 bits per heavy atom. The van der Waals surface area contributed by atoms with E-state index in [4.69, 9.17) is 14.2 Å². The molecule has 0 unspecified atom stereocenters. The van der Waals surface area contributed by atoms with Crippen molar-refractivity contribution in [2.45, 2.75) is 46.3 Å². The van der Waals surface area contributed by atoms with Gasteiger partial charge in [0.25, 0.3) is 0 Å². The van der Waals surface area contributed by atoms with Crippen molar-refractivity contribution >= 4 is 6.09 Å². The van der Waals surface area contributed by atoms with E-state index in [1.165, 1.54) is 6.33 Å². The smallest absolute Gasteiger partial charge is 0.410 e. The fraction of sp³-hybridized carbons (Fsp3) is 0.706. The lowest BCUT2D eigenvalue weighted by atomic mass is 10.2. The van der Waals surface area contributed by atoms with Gasteiger partial charge in [0, 0.05) is 26.2 Å². The number of methoxy groups -OCH3 is 2. The van der Waals surface area contributed by atoms with Gasteiger partial charge in [0.1, 0.15) is 11.9 Å².